The molecule has 1 fully saturated rings. The Kier molecular flexibility index (Phi) is 4.53. The first-order chi connectivity index (χ1) is 9.35. The number of fused-ring (bicyclic) bond motifs is 1. The van der Waals surface area contributed by atoms with Gasteiger partial charge in [0.25, 0.3) is 0 Å². The van der Waals surface area contributed by atoms with E-state index in [1.54, 1.807) is 10.4 Å². The number of rotatable bonds is 5. The number of nitrogens with zero attached hydrogens (tertiary/aromatic N) is 1. The zero-order chi connectivity index (χ0) is 13.1. The van der Waals surface area contributed by atoms with Crippen molar-refractivity contribution in [1.29, 1.82) is 0 Å². The molecule has 3 heterocycles. The Bertz CT molecular complexity index is 407. The van der Waals surface area contributed by atoms with Gasteiger partial charge in [0.05, 0.1) is 12.2 Å². The van der Waals surface area contributed by atoms with Gasteiger partial charge in [0, 0.05) is 31.1 Å². The predicted molar refractivity (Wildman–Crippen MR) is 79.7 cm³/mol. The van der Waals surface area contributed by atoms with Crippen molar-refractivity contribution in [3.05, 3.63) is 21.9 Å². The van der Waals surface area contributed by atoms with Crippen LogP contribution in [0.4, 0.5) is 0 Å². The topological polar surface area (TPSA) is 24.5 Å². The zero-order valence-electron chi connectivity index (χ0n) is 11.7. The number of hydrogen-bond acceptors (Lipinski definition) is 4. The van der Waals surface area contributed by atoms with Crippen LogP contribution in [0.1, 0.15) is 30.2 Å². The fraction of sp³-hybridized carbons (Fsp3) is 0.733. The van der Waals surface area contributed by atoms with Crippen LogP contribution in [0.2, 0.25) is 0 Å². The molecule has 2 unspecified atom stereocenters. The van der Waals surface area contributed by atoms with Crippen LogP contribution in [0.25, 0.3) is 0 Å². The molecule has 2 aliphatic rings. The zero-order valence-corrected chi connectivity index (χ0v) is 12.5. The standard InChI is InChI=1S/C15H24N2OS/c1-2-16-9-13-3-4-14(18-13)11-17-7-5-15-12(10-17)6-8-19-15/h6,8,13-14,16H,2-5,7,9-11H2,1H3. The van der Waals surface area contributed by atoms with Crippen LogP contribution in [-0.4, -0.2) is 43.3 Å². The van der Waals surface area contributed by atoms with E-state index in [0.717, 1.165) is 26.2 Å². The van der Waals surface area contributed by atoms with Crippen molar-refractivity contribution in [3.8, 4) is 0 Å². The molecular formula is C15H24N2OS. The van der Waals surface area contributed by atoms with Crippen molar-refractivity contribution in [2.75, 3.05) is 26.2 Å². The average molecular weight is 280 g/mol. The van der Waals surface area contributed by atoms with Gasteiger partial charge in [0.1, 0.15) is 0 Å². The molecule has 3 nitrogen and oxygen atoms in total. The Morgan fingerprint density at radius 2 is 2.32 bits per heavy atom. The third-order valence-corrected chi connectivity index (χ3v) is 5.19. The van der Waals surface area contributed by atoms with Gasteiger partial charge in [-0.05, 0) is 42.8 Å². The molecule has 4 heteroatoms. The van der Waals surface area contributed by atoms with Crippen LogP contribution >= 0.6 is 11.3 Å². The lowest BCUT2D eigenvalue weighted by molar-refractivity contribution is 0.0211. The van der Waals surface area contributed by atoms with E-state index in [1.165, 1.54) is 25.8 Å². The van der Waals surface area contributed by atoms with Crippen LogP contribution in [0.3, 0.4) is 0 Å². The lowest BCUT2D eigenvalue weighted by Gasteiger charge is -2.29. The molecule has 106 valence electrons. The van der Waals surface area contributed by atoms with Crippen molar-refractivity contribution < 1.29 is 4.74 Å². The summed E-state index contributed by atoms with van der Waals surface area (Å²) in [6.07, 6.45) is 4.55. The number of nitrogens with one attached hydrogen (secondary N) is 1. The summed E-state index contributed by atoms with van der Waals surface area (Å²) in [5.41, 5.74) is 1.54. The fourth-order valence-electron chi connectivity index (χ4n) is 3.12. The first kappa shape index (κ1) is 13.6. The van der Waals surface area contributed by atoms with Gasteiger partial charge < -0.3 is 10.1 Å². The molecule has 0 saturated carbocycles. The van der Waals surface area contributed by atoms with E-state index in [4.69, 9.17) is 4.74 Å². The first-order valence-electron chi connectivity index (χ1n) is 7.49. The summed E-state index contributed by atoms with van der Waals surface area (Å²) in [6, 6.07) is 2.29. The van der Waals surface area contributed by atoms with Crippen LogP contribution in [0.5, 0.6) is 0 Å². The molecular weight excluding hydrogens is 256 g/mol. The fourth-order valence-corrected chi connectivity index (χ4v) is 4.01. The lowest BCUT2D eigenvalue weighted by Crippen LogP contribution is -2.36. The number of likely N-dealkylation sites (N-methyl/N-ethyl adjacent to an activating group) is 1. The molecule has 1 saturated heterocycles. The quantitative estimate of drug-likeness (QED) is 0.895. The minimum Gasteiger partial charge on any atom is -0.372 e. The molecule has 0 aliphatic carbocycles. The Morgan fingerprint density at radius 1 is 1.42 bits per heavy atom. The second-order valence-electron chi connectivity index (χ2n) is 5.62. The van der Waals surface area contributed by atoms with Gasteiger partial charge in [-0.3, -0.25) is 4.90 Å². The van der Waals surface area contributed by atoms with E-state index in [2.05, 4.69) is 28.6 Å². The largest absolute Gasteiger partial charge is 0.372 e. The van der Waals surface area contributed by atoms with Gasteiger partial charge in [-0.25, -0.2) is 0 Å². The van der Waals surface area contributed by atoms with Gasteiger partial charge >= 0.3 is 0 Å². The number of hydrogen-bond donors (Lipinski definition) is 1. The molecule has 2 atom stereocenters. The summed E-state index contributed by atoms with van der Waals surface area (Å²) in [5.74, 6) is 0. The molecule has 1 N–H and O–H groups in total. The maximum atomic E-state index is 6.13. The van der Waals surface area contributed by atoms with Crippen molar-refractivity contribution in [1.82, 2.24) is 10.2 Å². The molecule has 0 spiro atoms. The summed E-state index contributed by atoms with van der Waals surface area (Å²) < 4.78 is 6.13. The van der Waals surface area contributed by atoms with Gasteiger partial charge in [0.15, 0.2) is 0 Å². The van der Waals surface area contributed by atoms with Crippen molar-refractivity contribution >= 4 is 11.3 Å². The van der Waals surface area contributed by atoms with E-state index in [1.807, 2.05) is 11.3 Å². The summed E-state index contributed by atoms with van der Waals surface area (Å²) in [4.78, 5) is 4.16. The Balaban J connectivity index is 1.46. The van der Waals surface area contributed by atoms with Crippen LogP contribution in [0, 0.1) is 0 Å². The second-order valence-corrected chi connectivity index (χ2v) is 6.62. The molecule has 0 radical (unpaired) electrons. The predicted octanol–water partition coefficient (Wildman–Crippen LogP) is 2.26. The van der Waals surface area contributed by atoms with Crippen LogP contribution < -0.4 is 5.32 Å². The molecule has 0 amide bonds. The van der Waals surface area contributed by atoms with Crippen molar-refractivity contribution in [3.63, 3.8) is 0 Å². The molecule has 0 bridgehead atoms. The smallest absolute Gasteiger partial charge is 0.0707 e. The Labute approximate surface area is 119 Å². The molecule has 3 rings (SSSR count). The van der Waals surface area contributed by atoms with E-state index in [0.29, 0.717) is 12.2 Å². The van der Waals surface area contributed by atoms with E-state index < -0.39 is 0 Å². The van der Waals surface area contributed by atoms with Crippen LogP contribution in [0.15, 0.2) is 11.4 Å². The van der Waals surface area contributed by atoms with Gasteiger partial charge in [-0.15, -0.1) is 11.3 Å². The van der Waals surface area contributed by atoms with E-state index in [-0.39, 0.29) is 0 Å². The maximum Gasteiger partial charge on any atom is 0.0707 e. The maximum absolute atomic E-state index is 6.13. The van der Waals surface area contributed by atoms with Gasteiger partial charge in [0.2, 0.25) is 0 Å². The first-order valence-corrected chi connectivity index (χ1v) is 8.37. The summed E-state index contributed by atoms with van der Waals surface area (Å²) >= 11 is 1.91. The summed E-state index contributed by atoms with van der Waals surface area (Å²) in [7, 11) is 0. The minimum atomic E-state index is 0.437. The highest BCUT2D eigenvalue weighted by Crippen LogP contribution is 2.26. The summed E-state index contributed by atoms with van der Waals surface area (Å²) in [6.45, 7) is 7.64. The molecule has 1 aromatic rings. The third kappa shape index (κ3) is 3.37. The molecule has 19 heavy (non-hydrogen) atoms. The average Bonchev–Trinajstić information content (AvgIpc) is 3.05. The second kappa shape index (κ2) is 6.35. The highest BCUT2D eigenvalue weighted by molar-refractivity contribution is 7.10. The SMILES string of the molecule is CCNCC1CCC(CN2CCc3sccc3C2)O1. The van der Waals surface area contributed by atoms with Crippen LogP contribution in [-0.2, 0) is 17.7 Å². The molecule has 1 aromatic heterocycles. The minimum absolute atomic E-state index is 0.437. The lowest BCUT2D eigenvalue weighted by atomic mass is 10.1. The van der Waals surface area contributed by atoms with Crippen molar-refractivity contribution in [2.45, 2.75) is 44.9 Å². The normalized spacial score (nSPS) is 27.6. The highest BCUT2D eigenvalue weighted by atomic mass is 32.1. The monoisotopic (exact) mass is 280 g/mol. The highest BCUT2D eigenvalue weighted by Gasteiger charge is 2.27. The van der Waals surface area contributed by atoms with Gasteiger partial charge in [-0.1, -0.05) is 6.92 Å². The Hall–Kier alpha value is -0.420. The number of ether oxygens (including phenoxy) is 1. The van der Waals surface area contributed by atoms with E-state index >= 15 is 0 Å². The van der Waals surface area contributed by atoms with Crippen molar-refractivity contribution in [2.24, 2.45) is 0 Å². The molecule has 0 aromatic carbocycles. The van der Waals surface area contributed by atoms with Gasteiger partial charge in [-0.2, -0.15) is 0 Å². The van der Waals surface area contributed by atoms with E-state index in [9.17, 15) is 0 Å². The Morgan fingerprint density at radius 3 is 3.21 bits per heavy atom. The number of thiophene rings is 1. The molecule has 2 aliphatic heterocycles. The summed E-state index contributed by atoms with van der Waals surface area (Å²) in [5, 5.41) is 5.62. The third-order valence-electron chi connectivity index (χ3n) is 4.17.